The van der Waals surface area contributed by atoms with Crippen LogP contribution >= 0.6 is 0 Å². The van der Waals surface area contributed by atoms with Crippen molar-refractivity contribution in [3.63, 3.8) is 0 Å². The smallest absolute Gasteiger partial charge is 0.384 e. The summed E-state index contributed by atoms with van der Waals surface area (Å²) in [7, 11) is 0. The number of hydrogen-bond donors (Lipinski definition) is 1. The molecule has 0 spiro atoms. The Bertz CT molecular complexity index is 1270. The third kappa shape index (κ3) is 8.09. The van der Waals surface area contributed by atoms with Gasteiger partial charge in [0.15, 0.2) is 0 Å². The Labute approximate surface area is 219 Å². The number of aliphatic hydroxyl groups is 1. The average Bonchev–Trinajstić information content (AvgIpc) is 2.83. The van der Waals surface area contributed by atoms with Crippen LogP contribution in [0.5, 0.6) is 11.6 Å². The van der Waals surface area contributed by atoms with Gasteiger partial charge >= 0.3 is 5.97 Å². The first-order valence-electron chi connectivity index (χ1n) is 12.4. The SMILES string of the molecule is CCOC(=O)C#Cc1ccc(OCc2cccc(-c3c(C)cc(OCCC(C)(C)O)nc3C)c2C)cc1. The van der Waals surface area contributed by atoms with Crippen LogP contribution in [0.25, 0.3) is 11.1 Å². The van der Waals surface area contributed by atoms with Gasteiger partial charge < -0.3 is 19.3 Å². The number of rotatable bonds is 9. The predicted octanol–water partition coefficient (Wildman–Crippen LogP) is 5.71. The topological polar surface area (TPSA) is 77.9 Å². The van der Waals surface area contributed by atoms with Crippen molar-refractivity contribution in [1.29, 1.82) is 0 Å². The Morgan fingerprint density at radius 3 is 2.43 bits per heavy atom. The molecule has 0 aliphatic heterocycles. The van der Waals surface area contributed by atoms with Gasteiger partial charge in [-0.25, -0.2) is 9.78 Å². The Morgan fingerprint density at radius 1 is 1.05 bits per heavy atom. The minimum absolute atomic E-state index is 0.306. The molecule has 0 aliphatic rings. The molecular weight excluding hydrogens is 466 g/mol. The molecule has 0 fully saturated rings. The number of aryl methyl sites for hydroxylation is 2. The Balaban J connectivity index is 1.72. The first kappa shape index (κ1) is 27.8. The molecule has 3 aromatic rings. The summed E-state index contributed by atoms with van der Waals surface area (Å²) in [6.45, 7) is 12.5. The van der Waals surface area contributed by atoms with Gasteiger partial charge in [0.1, 0.15) is 12.4 Å². The molecule has 0 atom stereocenters. The molecule has 0 saturated heterocycles. The quantitative estimate of drug-likeness (QED) is 0.299. The largest absolute Gasteiger partial charge is 0.489 e. The number of carbonyl (C=O) groups is 1. The monoisotopic (exact) mass is 501 g/mol. The van der Waals surface area contributed by atoms with E-state index < -0.39 is 11.6 Å². The number of carbonyl (C=O) groups excluding carboxylic acids is 1. The van der Waals surface area contributed by atoms with Crippen molar-refractivity contribution in [1.82, 2.24) is 4.98 Å². The highest BCUT2D eigenvalue weighted by Crippen LogP contribution is 2.33. The van der Waals surface area contributed by atoms with Crippen LogP contribution in [0.1, 0.15) is 55.1 Å². The molecule has 0 bridgehead atoms. The molecule has 0 unspecified atom stereocenters. The molecule has 1 aromatic heterocycles. The van der Waals surface area contributed by atoms with Gasteiger partial charge in [0.2, 0.25) is 5.88 Å². The lowest BCUT2D eigenvalue weighted by atomic mass is 9.93. The second-order valence-electron chi connectivity index (χ2n) is 9.52. The summed E-state index contributed by atoms with van der Waals surface area (Å²) in [5.41, 5.74) is 6.30. The average molecular weight is 502 g/mol. The van der Waals surface area contributed by atoms with Crippen LogP contribution in [0.2, 0.25) is 0 Å². The first-order chi connectivity index (χ1) is 17.6. The van der Waals surface area contributed by atoms with Crippen molar-refractivity contribution < 1.29 is 24.1 Å². The van der Waals surface area contributed by atoms with E-state index in [4.69, 9.17) is 14.2 Å². The number of aromatic nitrogens is 1. The van der Waals surface area contributed by atoms with Crippen LogP contribution in [-0.4, -0.2) is 34.9 Å². The van der Waals surface area contributed by atoms with Gasteiger partial charge in [0, 0.05) is 35.2 Å². The van der Waals surface area contributed by atoms with Crippen LogP contribution in [0.3, 0.4) is 0 Å². The molecule has 3 rings (SSSR count). The molecule has 1 N–H and O–H groups in total. The van der Waals surface area contributed by atoms with Gasteiger partial charge in [0.25, 0.3) is 0 Å². The molecule has 194 valence electrons. The highest BCUT2D eigenvalue weighted by atomic mass is 16.5. The van der Waals surface area contributed by atoms with Gasteiger partial charge in [-0.3, -0.25) is 0 Å². The molecule has 37 heavy (non-hydrogen) atoms. The standard InChI is InChI=1S/C31H35NO5/c1-7-35-29(33)16-13-24-11-14-26(15-12-24)37-20-25-9-8-10-27(22(25)3)30-21(2)19-28(32-23(30)4)36-18-17-31(5,6)34/h8-12,14-15,19,34H,7,17-18,20H2,1-6H3. The summed E-state index contributed by atoms with van der Waals surface area (Å²) in [5.74, 6) is 6.00. The van der Waals surface area contributed by atoms with Gasteiger partial charge in [-0.05, 0) is 88.1 Å². The Hall–Kier alpha value is -3.82. The van der Waals surface area contributed by atoms with Crippen molar-refractivity contribution in [3.05, 3.63) is 76.5 Å². The molecule has 6 nitrogen and oxygen atoms in total. The highest BCUT2D eigenvalue weighted by Gasteiger charge is 2.16. The minimum atomic E-state index is -0.774. The zero-order chi connectivity index (χ0) is 27.0. The molecule has 2 aromatic carbocycles. The van der Waals surface area contributed by atoms with Crippen molar-refractivity contribution in [2.45, 2.75) is 60.2 Å². The third-order valence-corrected chi connectivity index (χ3v) is 5.89. The zero-order valence-corrected chi connectivity index (χ0v) is 22.5. The molecule has 0 aliphatic carbocycles. The second kappa shape index (κ2) is 12.4. The van der Waals surface area contributed by atoms with Crippen molar-refractivity contribution in [3.8, 4) is 34.6 Å². The van der Waals surface area contributed by atoms with E-state index in [-0.39, 0.29) is 0 Å². The lowest BCUT2D eigenvalue weighted by Gasteiger charge is -2.19. The molecular formula is C31H35NO5. The fourth-order valence-electron chi connectivity index (χ4n) is 3.88. The van der Waals surface area contributed by atoms with Crippen LogP contribution in [0, 0.1) is 32.6 Å². The summed E-state index contributed by atoms with van der Waals surface area (Å²) >= 11 is 0. The summed E-state index contributed by atoms with van der Waals surface area (Å²) < 4.78 is 16.7. The number of nitrogens with zero attached hydrogens (tertiary/aromatic N) is 1. The highest BCUT2D eigenvalue weighted by molar-refractivity contribution is 5.89. The van der Waals surface area contributed by atoms with Crippen molar-refractivity contribution in [2.24, 2.45) is 0 Å². The fraction of sp³-hybridized carbons (Fsp3) is 0.355. The number of benzene rings is 2. The maximum Gasteiger partial charge on any atom is 0.384 e. The van der Waals surface area contributed by atoms with Gasteiger partial charge in [0.05, 0.1) is 18.8 Å². The third-order valence-electron chi connectivity index (χ3n) is 5.89. The van der Waals surface area contributed by atoms with Gasteiger partial charge in [-0.15, -0.1) is 0 Å². The van der Waals surface area contributed by atoms with Crippen LogP contribution in [0.15, 0.2) is 48.5 Å². The molecule has 1 heterocycles. The molecule has 0 radical (unpaired) electrons. The summed E-state index contributed by atoms with van der Waals surface area (Å²) in [5, 5.41) is 9.91. The Morgan fingerprint density at radius 2 is 1.78 bits per heavy atom. The first-order valence-corrected chi connectivity index (χ1v) is 12.4. The van der Waals surface area contributed by atoms with Crippen molar-refractivity contribution >= 4 is 5.97 Å². The van der Waals surface area contributed by atoms with E-state index in [2.05, 4.69) is 42.8 Å². The lowest BCUT2D eigenvalue weighted by molar-refractivity contribution is -0.136. The van der Waals surface area contributed by atoms with E-state index >= 15 is 0 Å². The van der Waals surface area contributed by atoms with Gasteiger partial charge in [-0.1, -0.05) is 24.1 Å². The maximum absolute atomic E-state index is 11.4. The fourth-order valence-corrected chi connectivity index (χ4v) is 3.88. The van der Waals surface area contributed by atoms with Crippen LogP contribution in [-0.2, 0) is 16.1 Å². The predicted molar refractivity (Wildman–Crippen MR) is 145 cm³/mol. The molecule has 0 amide bonds. The van der Waals surface area contributed by atoms with Crippen LogP contribution < -0.4 is 9.47 Å². The van der Waals surface area contributed by atoms with E-state index in [1.165, 1.54) is 0 Å². The van der Waals surface area contributed by atoms with E-state index in [9.17, 15) is 9.90 Å². The summed E-state index contributed by atoms with van der Waals surface area (Å²) in [4.78, 5) is 16.1. The van der Waals surface area contributed by atoms with Crippen LogP contribution in [0.4, 0.5) is 0 Å². The van der Waals surface area contributed by atoms with E-state index in [0.29, 0.717) is 43.4 Å². The number of ether oxygens (including phenoxy) is 3. The van der Waals surface area contributed by atoms with E-state index in [1.807, 2.05) is 43.3 Å². The molecule has 0 saturated carbocycles. The number of esters is 1. The van der Waals surface area contributed by atoms with E-state index in [0.717, 1.165) is 33.5 Å². The molecule has 6 heteroatoms. The van der Waals surface area contributed by atoms with Gasteiger partial charge in [-0.2, -0.15) is 0 Å². The van der Waals surface area contributed by atoms with E-state index in [1.54, 1.807) is 20.8 Å². The Kier molecular flexibility index (Phi) is 9.32. The second-order valence-corrected chi connectivity index (χ2v) is 9.52. The van der Waals surface area contributed by atoms with Crippen molar-refractivity contribution in [2.75, 3.05) is 13.2 Å². The maximum atomic E-state index is 11.4. The number of pyridine rings is 1. The summed E-state index contributed by atoms with van der Waals surface area (Å²) in [6, 6.07) is 15.4. The lowest BCUT2D eigenvalue weighted by Crippen LogP contribution is -2.22. The zero-order valence-electron chi connectivity index (χ0n) is 22.5. The summed E-state index contributed by atoms with van der Waals surface area (Å²) in [6.07, 6.45) is 0.527. The normalized spacial score (nSPS) is 10.9. The minimum Gasteiger partial charge on any atom is -0.489 e. The number of hydrogen-bond acceptors (Lipinski definition) is 6.